The van der Waals surface area contributed by atoms with E-state index in [1.807, 2.05) is 25.3 Å². The van der Waals surface area contributed by atoms with Crippen molar-refractivity contribution in [2.75, 3.05) is 0 Å². The number of hydrogen-bond acceptors (Lipinski definition) is 3. The quantitative estimate of drug-likeness (QED) is 0.891. The van der Waals surface area contributed by atoms with Crippen LogP contribution in [0.1, 0.15) is 24.4 Å². The maximum atomic E-state index is 11.2. The number of aliphatic carboxylic acids is 1. The Morgan fingerprint density at radius 2 is 2.28 bits per heavy atom. The largest absolute Gasteiger partial charge is 0.481 e. The zero-order valence-electron chi connectivity index (χ0n) is 10.7. The summed E-state index contributed by atoms with van der Waals surface area (Å²) >= 11 is 1.56. The first-order chi connectivity index (χ1) is 8.40. The summed E-state index contributed by atoms with van der Waals surface area (Å²) in [6.07, 6.45) is 2.36. The van der Waals surface area contributed by atoms with Crippen molar-refractivity contribution in [3.05, 3.63) is 28.9 Å². The maximum Gasteiger partial charge on any atom is 0.309 e. The predicted molar refractivity (Wildman–Crippen MR) is 71.8 cm³/mol. The SMILES string of the molecule is Cc1nc(-c2ccc[nH]2)sc1CC(C)(C)C(=O)O. The number of nitrogens with zero attached hydrogens (tertiary/aromatic N) is 1. The van der Waals surface area contributed by atoms with E-state index in [4.69, 9.17) is 5.11 Å². The van der Waals surface area contributed by atoms with Crippen LogP contribution >= 0.6 is 11.3 Å². The van der Waals surface area contributed by atoms with Crippen molar-refractivity contribution < 1.29 is 9.90 Å². The number of aromatic amines is 1. The average molecular weight is 264 g/mol. The van der Waals surface area contributed by atoms with Crippen LogP contribution in [0.4, 0.5) is 0 Å². The van der Waals surface area contributed by atoms with Gasteiger partial charge in [-0.05, 0) is 39.3 Å². The van der Waals surface area contributed by atoms with E-state index in [0.717, 1.165) is 21.3 Å². The highest BCUT2D eigenvalue weighted by Gasteiger charge is 2.29. The highest BCUT2D eigenvalue weighted by Crippen LogP contribution is 2.32. The van der Waals surface area contributed by atoms with Gasteiger partial charge in [0.05, 0.1) is 16.8 Å². The van der Waals surface area contributed by atoms with Gasteiger partial charge >= 0.3 is 5.97 Å². The minimum Gasteiger partial charge on any atom is -0.481 e. The smallest absolute Gasteiger partial charge is 0.309 e. The molecular formula is C13H16N2O2S. The van der Waals surface area contributed by atoms with Crippen LogP contribution in [-0.2, 0) is 11.2 Å². The standard InChI is InChI=1S/C13H16N2O2S/c1-8-10(7-13(2,3)12(16)17)18-11(15-8)9-5-4-6-14-9/h4-6,14H,7H2,1-3H3,(H,16,17). The number of carboxylic acid groups (broad SMARTS) is 1. The lowest BCUT2D eigenvalue weighted by atomic mass is 9.88. The van der Waals surface area contributed by atoms with Gasteiger partial charge in [-0.3, -0.25) is 4.79 Å². The monoisotopic (exact) mass is 264 g/mol. The Hall–Kier alpha value is -1.62. The van der Waals surface area contributed by atoms with E-state index in [-0.39, 0.29) is 0 Å². The number of nitrogens with one attached hydrogen (secondary N) is 1. The van der Waals surface area contributed by atoms with Crippen LogP contribution in [0.2, 0.25) is 0 Å². The molecule has 0 unspecified atom stereocenters. The number of rotatable bonds is 4. The zero-order chi connectivity index (χ0) is 13.3. The number of aromatic nitrogens is 2. The zero-order valence-corrected chi connectivity index (χ0v) is 11.5. The van der Waals surface area contributed by atoms with E-state index in [2.05, 4.69) is 9.97 Å². The highest BCUT2D eigenvalue weighted by atomic mass is 32.1. The van der Waals surface area contributed by atoms with Crippen molar-refractivity contribution in [1.29, 1.82) is 0 Å². The van der Waals surface area contributed by atoms with Gasteiger partial charge in [0.15, 0.2) is 0 Å². The van der Waals surface area contributed by atoms with E-state index in [9.17, 15) is 4.79 Å². The molecule has 0 amide bonds. The van der Waals surface area contributed by atoms with Gasteiger partial charge in [0, 0.05) is 11.1 Å². The second kappa shape index (κ2) is 4.57. The third-order valence-corrected chi connectivity index (χ3v) is 4.09. The number of aryl methyl sites for hydroxylation is 1. The number of carboxylic acids is 1. The normalized spacial score (nSPS) is 11.7. The third kappa shape index (κ3) is 2.46. The fourth-order valence-corrected chi connectivity index (χ4v) is 2.93. The van der Waals surface area contributed by atoms with Crippen molar-refractivity contribution in [2.45, 2.75) is 27.2 Å². The van der Waals surface area contributed by atoms with Gasteiger partial charge < -0.3 is 10.1 Å². The molecule has 2 aromatic rings. The lowest BCUT2D eigenvalue weighted by Crippen LogP contribution is -2.26. The van der Waals surface area contributed by atoms with Crippen LogP contribution in [0.5, 0.6) is 0 Å². The molecule has 18 heavy (non-hydrogen) atoms. The van der Waals surface area contributed by atoms with E-state index in [1.54, 1.807) is 25.2 Å². The molecule has 2 heterocycles. The Morgan fingerprint density at radius 1 is 1.56 bits per heavy atom. The molecule has 0 aliphatic rings. The molecule has 0 aliphatic heterocycles. The second-order valence-electron chi connectivity index (χ2n) is 4.98. The molecule has 0 radical (unpaired) electrons. The van der Waals surface area contributed by atoms with Crippen molar-refractivity contribution >= 4 is 17.3 Å². The summed E-state index contributed by atoms with van der Waals surface area (Å²) in [7, 11) is 0. The summed E-state index contributed by atoms with van der Waals surface area (Å²) in [5, 5.41) is 10.1. The van der Waals surface area contributed by atoms with Crippen LogP contribution in [0.25, 0.3) is 10.7 Å². The van der Waals surface area contributed by atoms with E-state index in [1.165, 1.54) is 0 Å². The first-order valence-electron chi connectivity index (χ1n) is 5.73. The molecule has 4 nitrogen and oxygen atoms in total. The van der Waals surface area contributed by atoms with Gasteiger partial charge in [-0.2, -0.15) is 0 Å². The molecular weight excluding hydrogens is 248 g/mol. The molecule has 5 heteroatoms. The summed E-state index contributed by atoms with van der Waals surface area (Å²) < 4.78 is 0. The molecule has 96 valence electrons. The van der Waals surface area contributed by atoms with E-state index >= 15 is 0 Å². The molecule has 0 atom stereocenters. The third-order valence-electron chi connectivity index (χ3n) is 2.90. The second-order valence-corrected chi connectivity index (χ2v) is 6.06. The molecule has 2 rings (SSSR count). The number of hydrogen-bond donors (Lipinski definition) is 2. The summed E-state index contributed by atoms with van der Waals surface area (Å²) in [5.74, 6) is -0.781. The first-order valence-corrected chi connectivity index (χ1v) is 6.55. The summed E-state index contributed by atoms with van der Waals surface area (Å²) in [6, 6.07) is 3.89. The Labute approximate surface area is 110 Å². The van der Waals surface area contributed by atoms with Crippen LogP contribution < -0.4 is 0 Å². The fourth-order valence-electron chi connectivity index (χ4n) is 1.65. The number of thiazole rings is 1. The van der Waals surface area contributed by atoms with Crippen molar-refractivity contribution in [3.8, 4) is 10.7 Å². The van der Waals surface area contributed by atoms with Gasteiger partial charge in [0.1, 0.15) is 5.01 Å². The molecule has 2 N–H and O–H groups in total. The van der Waals surface area contributed by atoms with Gasteiger partial charge in [-0.25, -0.2) is 4.98 Å². The van der Waals surface area contributed by atoms with Crippen LogP contribution in [0, 0.1) is 12.3 Å². The van der Waals surface area contributed by atoms with Crippen LogP contribution in [0.15, 0.2) is 18.3 Å². The molecule has 0 saturated heterocycles. The molecule has 0 aliphatic carbocycles. The summed E-state index contributed by atoms with van der Waals surface area (Å²) in [6.45, 7) is 5.40. The predicted octanol–water partition coefficient (Wildman–Crippen LogP) is 3.10. The minimum absolute atomic E-state index is 0.506. The first kappa shape index (κ1) is 12.8. The molecule has 0 saturated carbocycles. The molecule has 0 aromatic carbocycles. The summed E-state index contributed by atoms with van der Waals surface area (Å²) in [4.78, 5) is 19.8. The Morgan fingerprint density at radius 3 is 2.83 bits per heavy atom. The molecule has 0 bridgehead atoms. The van der Waals surface area contributed by atoms with Gasteiger partial charge in [0.2, 0.25) is 0 Å². The van der Waals surface area contributed by atoms with Crippen LogP contribution in [-0.4, -0.2) is 21.0 Å². The van der Waals surface area contributed by atoms with Gasteiger partial charge in [-0.15, -0.1) is 11.3 Å². The van der Waals surface area contributed by atoms with Crippen LogP contribution in [0.3, 0.4) is 0 Å². The Kier molecular flexibility index (Phi) is 3.26. The molecule has 0 spiro atoms. The molecule has 2 aromatic heterocycles. The van der Waals surface area contributed by atoms with E-state index < -0.39 is 11.4 Å². The van der Waals surface area contributed by atoms with Crippen molar-refractivity contribution in [1.82, 2.24) is 9.97 Å². The lowest BCUT2D eigenvalue weighted by Gasteiger charge is -2.17. The Bertz CT molecular complexity index is 556. The number of H-pyrrole nitrogens is 1. The minimum atomic E-state index is -0.781. The van der Waals surface area contributed by atoms with Gasteiger partial charge in [0.25, 0.3) is 0 Å². The summed E-state index contributed by atoms with van der Waals surface area (Å²) in [5.41, 5.74) is 1.13. The maximum absolute atomic E-state index is 11.2. The van der Waals surface area contributed by atoms with Gasteiger partial charge in [-0.1, -0.05) is 0 Å². The number of carbonyl (C=O) groups is 1. The van der Waals surface area contributed by atoms with Crippen molar-refractivity contribution in [3.63, 3.8) is 0 Å². The van der Waals surface area contributed by atoms with E-state index in [0.29, 0.717) is 6.42 Å². The highest BCUT2D eigenvalue weighted by molar-refractivity contribution is 7.15. The average Bonchev–Trinajstić information content (AvgIpc) is 2.88. The lowest BCUT2D eigenvalue weighted by molar-refractivity contribution is -0.146. The molecule has 0 fully saturated rings. The fraction of sp³-hybridized carbons (Fsp3) is 0.385. The Balaban J connectivity index is 2.28. The topological polar surface area (TPSA) is 66.0 Å². The van der Waals surface area contributed by atoms with Crippen molar-refractivity contribution in [2.24, 2.45) is 5.41 Å².